The Morgan fingerprint density at radius 3 is 3.00 bits per heavy atom. The molecule has 1 aromatic carbocycles. The van der Waals surface area contributed by atoms with Gasteiger partial charge in [0.05, 0.1) is 6.54 Å². The summed E-state index contributed by atoms with van der Waals surface area (Å²) >= 11 is 2.08. The molecule has 0 bridgehead atoms. The number of hydrogen-bond donors (Lipinski definition) is 1. The van der Waals surface area contributed by atoms with E-state index < -0.39 is 0 Å². The van der Waals surface area contributed by atoms with Crippen molar-refractivity contribution in [3.05, 3.63) is 29.8 Å². The largest absolute Gasteiger partial charge is 0.488 e. The smallest absolute Gasteiger partial charge is 0.193 e. The fourth-order valence-corrected chi connectivity index (χ4v) is 4.24. The fraction of sp³-hybridized carbons (Fsp3) is 0.588. The molecule has 1 N–H and O–H groups in total. The first kappa shape index (κ1) is 18.7. The average molecular weight is 447 g/mol. The summed E-state index contributed by atoms with van der Waals surface area (Å²) in [4.78, 5) is 6.84. The van der Waals surface area contributed by atoms with Gasteiger partial charge in [-0.2, -0.15) is 11.8 Å². The second-order valence-electron chi connectivity index (χ2n) is 5.83. The first-order chi connectivity index (χ1) is 10.8. The van der Waals surface area contributed by atoms with Crippen LogP contribution in [0.15, 0.2) is 29.3 Å². The van der Waals surface area contributed by atoms with Crippen LogP contribution < -0.4 is 10.1 Å². The second kappa shape index (κ2) is 9.01. The number of halogens is 1. The summed E-state index contributed by atoms with van der Waals surface area (Å²) in [6, 6.07) is 8.31. The number of guanidine groups is 1. The highest BCUT2D eigenvalue weighted by molar-refractivity contribution is 14.0. The first-order valence-corrected chi connectivity index (χ1v) is 9.16. The molecule has 2 aliphatic rings. The maximum Gasteiger partial charge on any atom is 0.193 e. The topological polar surface area (TPSA) is 36.9 Å². The van der Waals surface area contributed by atoms with Gasteiger partial charge in [0.25, 0.3) is 0 Å². The van der Waals surface area contributed by atoms with Crippen molar-refractivity contribution in [1.29, 1.82) is 0 Å². The number of nitrogens with zero attached hydrogens (tertiary/aromatic N) is 2. The number of thioether (sulfide) groups is 1. The van der Waals surface area contributed by atoms with Gasteiger partial charge in [0.1, 0.15) is 11.9 Å². The van der Waals surface area contributed by atoms with Crippen LogP contribution in [0.1, 0.15) is 18.9 Å². The summed E-state index contributed by atoms with van der Waals surface area (Å²) in [5.41, 5.74) is 1.31. The lowest BCUT2D eigenvalue weighted by Gasteiger charge is -2.34. The van der Waals surface area contributed by atoms with E-state index in [1.165, 1.54) is 17.7 Å². The van der Waals surface area contributed by atoms with Crippen LogP contribution in [0.3, 0.4) is 0 Å². The number of para-hydroxylation sites is 1. The number of benzene rings is 1. The van der Waals surface area contributed by atoms with Crippen LogP contribution in [-0.2, 0) is 6.42 Å². The Morgan fingerprint density at radius 1 is 1.43 bits per heavy atom. The summed E-state index contributed by atoms with van der Waals surface area (Å²) in [7, 11) is 1.87. The van der Waals surface area contributed by atoms with Crippen molar-refractivity contribution in [1.82, 2.24) is 10.2 Å². The van der Waals surface area contributed by atoms with E-state index in [0.717, 1.165) is 43.0 Å². The zero-order valence-electron chi connectivity index (χ0n) is 13.8. The highest BCUT2D eigenvalue weighted by Gasteiger charge is 2.25. The lowest BCUT2D eigenvalue weighted by atomic mass is 10.1. The van der Waals surface area contributed by atoms with Crippen molar-refractivity contribution in [2.75, 3.05) is 32.4 Å². The molecule has 0 saturated carbocycles. The van der Waals surface area contributed by atoms with Gasteiger partial charge >= 0.3 is 0 Å². The van der Waals surface area contributed by atoms with Gasteiger partial charge in [0.15, 0.2) is 5.96 Å². The van der Waals surface area contributed by atoms with E-state index >= 15 is 0 Å². The third-order valence-corrected chi connectivity index (χ3v) is 5.68. The highest BCUT2D eigenvalue weighted by atomic mass is 127. The summed E-state index contributed by atoms with van der Waals surface area (Å²) in [6.07, 6.45) is 2.41. The van der Waals surface area contributed by atoms with E-state index in [9.17, 15) is 0 Å². The minimum absolute atomic E-state index is 0. The van der Waals surface area contributed by atoms with E-state index in [0.29, 0.717) is 0 Å². The van der Waals surface area contributed by atoms with Gasteiger partial charge in [-0.1, -0.05) is 25.1 Å². The third kappa shape index (κ3) is 4.68. The molecular weight excluding hydrogens is 421 g/mol. The van der Waals surface area contributed by atoms with E-state index in [1.807, 2.05) is 13.1 Å². The Kier molecular flexibility index (Phi) is 7.33. The predicted octanol–water partition coefficient (Wildman–Crippen LogP) is 3.01. The molecule has 2 atom stereocenters. The molecular formula is C17H26IN3OS. The van der Waals surface area contributed by atoms with Crippen LogP contribution in [0.25, 0.3) is 0 Å². The first-order valence-electron chi connectivity index (χ1n) is 8.12. The van der Waals surface area contributed by atoms with Gasteiger partial charge < -0.3 is 15.0 Å². The van der Waals surface area contributed by atoms with E-state index in [4.69, 9.17) is 4.74 Å². The summed E-state index contributed by atoms with van der Waals surface area (Å²) in [5.74, 6) is 3.23. The summed E-state index contributed by atoms with van der Waals surface area (Å²) in [5, 5.41) is 4.22. The maximum absolute atomic E-state index is 5.99. The molecule has 23 heavy (non-hydrogen) atoms. The second-order valence-corrected chi connectivity index (χ2v) is 7.24. The monoisotopic (exact) mass is 447 g/mol. The zero-order chi connectivity index (χ0) is 15.4. The number of ether oxygens (including phenoxy) is 1. The quantitative estimate of drug-likeness (QED) is 0.439. The Bertz CT molecular complexity index is 515. The van der Waals surface area contributed by atoms with Gasteiger partial charge in [-0.25, -0.2) is 0 Å². The maximum atomic E-state index is 5.99. The molecule has 3 rings (SSSR count). The number of nitrogens with one attached hydrogen (secondary N) is 1. The van der Waals surface area contributed by atoms with Crippen LogP contribution in [0.2, 0.25) is 0 Å². The molecule has 0 aromatic heterocycles. The molecule has 0 aliphatic carbocycles. The molecule has 1 aromatic rings. The molecule has 0 spiro atoms. The van der Waals surface area contributed by atoms with Crippen molar-refractivity contribution in [2.24, 2.45) is 4.99 Å². The SMILES string of the molecule is CCC1CN(C(=NC)NCC2Cc3ccccc3O2)CCS1.I. The van der Waals surface area contributed by atoms with Gasteiger partial charge in [-0.05, 0) is 18.1 Å². The molecule has 2 unspecified atom stereocenters. The lowest BCUT2D eigenvalue weighted by Crippen LogP contribution is -2.49. The summed E-state index contributed by atoms with van der Waals surface area (Å²) in [6.45, 7) is 5.24. The molecule has 2 heterocycles. The third-order valence-electron chi connectivity index (χ3n) is 4.31. The predicted molar refractivity (Wildman–Crippen MR) is 109 cm³/mol. The van der Waals surface area contributed by atoms with Crippen LogP contribution in [0.5, 0.6) is 5.75 Å². The lowest BCUT2D eigenvalue weighted by molar-refractivity contribution is 0.232. The van der Waals surface area contributed by atoms with Gasteiger partial charge in [0.2, 0.25) is 0 Å². The van der Waals surface area contributed by atoms with E-state index in [1.54, 1.807) is 0 Å². The standard InChI is InChI=1S/C17H25N3OS.HI/c1-3-15-12-20(8-9-22-15)17(18-2)19-11-14-10-13-6-4-5-7-16(13)21-14;/h4-7,14-15H,3,8-12H2,1-2H3,(H,18,19);1H. The average Bonchev–Trinajstić information content (AvgIpc) is 2.98. The normalized spacial score (nSPS) is 23.7. The van der Waals surface area contributed by atoms with Crippen LogP contribution in [0, 0.1) is 0 Å². The minimum atomic E-state index is 0. The molecule has 0 amide bonds. The van der Waals surface area contributed by atoms with Crippen molar-refractivity contribution in [2.45, 2.75) is 31.1 Å². The van der Waals surface area contributed by atoms with E-state index in [-0.39, 0.29) is 30.1 Å². The van der Waals surface area contributed by atoms with Crippen LogP contribution in [-0.4, -0.2) is 54.6 Å². The Labute approximate surface area is 160 Å². The van der Waals surface area contributed by atoms with Crippen LogP contribution >= 0.6 is 35.7 Å². The van der Waals surface area contributed by atoms with E-state index in [2.05, 4.69) is 52.1 Å². The fourth-order valence-electron chi connectivity index (χ4n) is 3.06. The highest BCUT2D eigenvalue weighted by Crippen LogP contribution is 2.27. The van der Waals surface area contributed by atoms with Crippen molar-refractivity contribution in [3.8, 4) is 5.75 Å². The van der Waals surface area contributed by atoms with Crippen molar-refractivity contribution >= 4 is 41.7 Å². The number of aliphatic imine (C=N–C) groups is 1. The number of fused-ring (bicyclic) bond motifs is 1. The molecule has 0 radical (unpaired) electrons. The Balaban J connectivity index is 0.00000192. The Hall–Kier alpha value is -0.630. The molecule has 1 fully saturated rings. The zero-order valence-corrected chi connectivity index (χ0v) is 17.0. The number of hydrogen-bond acceptors (Lipinski definition) is 3. The van der Waals surface area contributed by atoms with Gasteiger partial charge in [-0.15, -0.1) is 24.0 Å². The van der Waals surface area contributed by atoms with Crippen LogP contribution in [0.4, 0.5) is 0 Å². The minimum Gasteiger partial charge on any atom is -0.488 e. The van der Waals surface area contributed by atoms with Crippen molar-refractivity contribution in [3.63, 3.8) is 0 Å². The molecule has 2 aliphatic heterocycles. The molecule has 6 heteroatoms. The summed E-state index contributed by atoms with van der Waals surface area (Å²) < 4.78 is 5.99. The molecule has 1 saturated heterocycles. The number of rotatable bonds is 3. The molecule has 4 nitrogen and oxygen atoms in total. The van der Waals surface area contributed by atoms with Crippen molar-refractivity contribution < 1.29 is 4.74 Å². The van der Waals surface area contributed by atoms with Gasteiger partial charge in [-0.3, -0.25) is 4.99 Å². The Morgan fingerprint density at radius 2 is 2.26 bits per heavy atom. The molecule has 128 valence electrons. The van der Waals surface area contributed by atoms with Gasteiger partial charge in [0, 0.05) is 37.6 Å².